The molecule has 1 aromatic carbocycles. The van der Waals surface area contributed by atoms with Crippen LogP contribution in [0.25, 0.3) is 0 Å². The molecule has 1 aromatic rings. The number of hydrogen-bond acceptors (Lipinski definition) is 3. The van der Waals surface area contributed by atoms with Crippen LogP contribution in [0, 0.1) is 15.5 Å². The third kappa shape index (κ3) is 5.02. The van der Waals surface area contributed by atoms with Crippen LogP contribution in [0.4, 0.5) is 5.69 Å². The van der Waals surface area contributed by atoms with Crippen LogP contribution in [-0.4, -0.2) is 11.5 Å². The summed E-state index contributed by atoms with van der Waals surface area (Å²) in [5.41, 5.74) is 1.13. The quantitative estimate of drug-likeness (QED) is 0.503. The zero-order valence-electron chi connectivity index (χ0n) is 11.0. The minimum atomic E-state index is -0.457. The molecular formula is C13H19ClN2O2. The van der Waals surface area contributed by atoms with Crippen molar-refractivity contribution in [3.05, 3.63) is 38.9 Å². The van der Waals surface area contributed by atoms with Gasteiger partial charge in [-0.1, -0.05) is 38.4 Å². The molecule has 0 saturated carbocycles. The molecule has 0 saturated heterocycles. The molecule has 0 aromatic heterocycles. The van der Waals surface area contributed by atoms with Crippen molar-refractivity contribution < 1.29 is 4.92 Å². The molecule has 100 valence electrons. The summed E-state index contributed by atoms with van der Waals surface area (Å²) in [4.78, 5) is 10.3. The van der Waals surface area contributed by atoms with Gasteiger partial charge in [-0.3, -0.25) is 10.1 Å². The Labute approximate surface area is 112 Å². The molecule has 0 spiro atoms. The number of nitrogens with zero attached hydrogens (tertiary/aromatic N) is 1. The van der Waals surface area contributed by atoms with Crippen LogP contribution >= 0.6 is 11.6 Å². The predicted molar refractivity (Wildman–Crippen MR) is 73.9 cm³/mol. The summed E-state index contributed by atoms with van der Waals surface area (Å²) in [6, 6.07) is 4.90. The number of nitrogens with one attached hydrogen (secondary N) is 1. The molecule has 1 rings (SSSR count). The maximum Gasteiger partial charge on any atom is 0.288 e. The van der Waals surface area contributed by atoms with Gasteiger partial charge >= 0.3 is 0 Å². The van der Waals surface area contributed by atoms with E-state index >= 15 is 0 Å². The van der Waals surface area contributed by atoms with Crippen molar-refractivity contribution in [3.63, 3.8) is 0 Å². The predicted octanol–water partition coefficient (Wildman–Crippen LogP) is 3.77. The molecule has 0 fully saturated rings. The largest absolute Gasteiger partial charge is 0.313 e. The number of benzene rings is 1. The molecule has 0 radical (unpaired) electrons. The van der Waals surface area contributed by atoms with E-state index in [1.807, 2.05) is 0 Å². The van der Waals surface area contributed by atoms with Crippen LogP contribution < -0.4 is 5.32 Å². The van der Waals surface area contributed by atoms with Crippen molar-refractivity contribution in [1.29, 1.82) is 0 Å². The van der Waals surface area contributed by atoms with Gasteiger partial charge in [-0.15, -0.1) is 0 Å². The Hall–Kier alpha value is -1.13. The minimum absolute atomic E-state index is 0.0354. The van der Waals surface area contributed by atoms with Crippen LogP contribution in [0.15, 0.2) is 18.2 Å². The summed E-state index contributed by atoms with van der Waals surface area (Å²) >= 11 is 5.75. The van der Waals surface area contributed by atoms with E-state index in [9.17, 15) is 10.1 Å². The molecule has 5 heteroatoms. The highest BCUT2D eigenvalue weighted by Gasteiger charge is 2.13. The lowest BCUT2D eigenvalue weighted by Crippen LogP contribution is -2.20. The van der Waals surface area contributed by atoms with Crippen molar-refractivity contribution in [2.45, 2.75) is 33.7 Å². The Balaban J connectivity index is 2.53. The van der Waals surface area contributed by atoms with Crippen LogP contribution in [0.2, 0.25) is 5.02 Å². The first-order valence-electron chi connectivity index (χ1n) is 5.93. The molecule has 1 N–H and O–H groups in total. The number of hydrogen-bond donors (Lipinski definition) is 1. The zero-order chi connectivity index (χ0) is 13.8. The molecule has 0 aliphatic rings. The number of halogens is 1. The molecular weight excluding hydrogens is 252 g/mol. The molecule has 4 nitrogen and oxygen atoms in total. The monoisotopic (exact) mass is 270 g/mol. The Bertz CT molecular complexity index is 427. The van der Waals surface area contributed by atoms with E-state index in [0.29, 0.717) is 12.0 Å². The fourth-order valence-corrected chi connectivity index (χ4v) is 1.69. The van der Waals surface area contributed by atoms with Crippen LogP contribution in [0.5, 0.6) is 0 Å². The zero-order valence-corrected chi connectivity index (χ0v) is 11.8. The Morgan fingerprint density at radius 1 is 1.39 bits per heavy atom. The number of rotatable bonds is 5. The van der Waals surface area contributed by atoms with Crippen molar-refractivity contribution in [2.24, 2.45) is 5.41 Å². The number of nitro benzene ring substituents is 1. The molecule has 0 heterocycles. The van der Waals surface area contributed by atoms with Gasteiger partial charge in [0.25, 0.3) is 5.69 Å². The first kappa shape index (κ1) is 14.9. The van der Waals surface area contributed by atoms with E-state index in [2.05, 4.69) is 26.1 Å². The van der Waals surface area contributed by atoms with Gasteiger partial charge in [-0.2, -0.15) is 0 Å². The SMILES string of the molecule is CC(C)(C)CCNCc1ccc(Cl)c([N+](=O)[O-])c1. The van der Waals surface area contributed by atoms with Crippen molar-refractivity contribution >= 4 is 17.3 Å². The normalized spacial score (nSPS) is 11.6. The van der Waals surface area contributed by atoms with E-state index < -0.39 is 4.92 Å². The lowest BCUT2D eigenvalue weighted by atomic mass is 9.92. The smallest absolute Gasteiger partial charge is 0.288 e. The minimum Gasteiger partial charge on any atom is -0.313 e. The summed E-state index contributed by atoms with van der Waals surface area (Å²) in [6.07, 6.45) is 1.06. The third-order valence-corrected chi connectivity index (χ3v) is 2.91. The molecule has 18 heavy (non-hydrogen) atoms. The van der Waals surface area contributed by atoms with Gasteiger partial charge in [0.1, 0.15) is 5.02 Å². The molecule has 0 atom stereocenters. The van der Waals surface area contributed by atoms with Crippen molar-refractivity contribution in [2.75, 3.05) is 6.54 Å². The van der Waals surface area contributed by atoms with Crippen LogP contribution in [-0.2, 0) is 6.54 Å². The second-order valence-corrected chi connectivity index (χ2v) is 5.94. The second kappa shape index (κ2) is 6.16. The van der Waals surface area contributed by atoms with Crippen LogP contribution in [0.1, 0.15) is 32.8 Å². The highest BCUT2D eigenvalue weighted by molar-refractivity contribution is 6.32. The lowest BCUT2D eigenvalue weighted by molar-refractivity contribution is -0.384. The fraction of sp³-hybridized carbons (Fsp3) is 0.538. The topological polar surface area (TPSA) is 55.2 Å². The highest BCUT2D eigenvalue weighted by atomic mass is 35.5. The van der Waals surface area contributed by atoms with Crippen molar-refractivity contribution in [1.82, 2.24) is 5.32 Å². The molecule has 0 amide bonds. The van der Waals surface area contributed by atoms with Gasteiger partial charge in [0, 0.05) is 12.6 Å². The van der Waals surface area contributed by atoms with Crippen LogP contribution in [0.3, 0.4) is 0 Å². The van der Waals surface area contributed by atoms with Crippen molar-refractivity contribution in [3.8, 4) is 0 Å². The Morgan fingerprint density at radius 2 is 2.06 bits per heavy atom. The van der Waals surface area contributed by atoms with Gasteiger partial charge in [0.05, 0.1) is 4.92 Å². The maximum absolute atomic E-state index is 10.7. The summed E-state index contributed by atoms with van der Waals surface area (Å²) in [5.74, 6) is 0. The summed E-state index contributed by atoms with van der Waals surface area (Å²) in [6.45, 7) is 8.06. The second-order valence-electron chi connectivity index (χ2n) is 5.53. The molecule has 0 aliphatic carbocycles. The molecule has 0 unspecified atom stereocenters. The van der Waals surface area contributed by atoms with Gasteiger partial charge in [0.15, 0.2) is 0 Å². The highest BCUT2D eigenvalue weighted by Crippen LogP contribution is 2.25. The number of nitro groups is 1. The standard InChI is InChI=1S/C13H19ClN2O2/c1-13(2,3)6-7-15-9-10-4-5-11(14)12(8-10)16(17)18/h4-5,8,15H,6-7,9H2,1-3H3. The van der Waals surface area contributed by atoms with Gasteiger partial charge in [-0.25, -0.2) is 0 Å². The summed E-state index contributed by atoms with van der Waals surface area (Å²) in [5, 5.41) is 14.2. The first-order valence-corrected chi connectivity index (χ1v) is 6.31. The van der Waals surface area contributed by atoms with Gasteiger partial charge in [-0.05, 0) is 30.0 Å². The fourth-order valence-electron chi connectivity index (χ4n) is 1.50. The average molecular weight is 271 g/mol. The average Bonchev–Trinajstić information content (AvgIpc) is 2.24. The molecule has 0 bridgehead atoms. The van der Waals surface area contributed by atoms with E-state index in [1.165, 1.54) is 6.07 Å². The summed E-state index contributed by atoms with van der Waals surface area (Å²) < 4.78 is 0. The molecule has 0 aliphatic heterocycles. The third-order valence-electron chi connectivity index (χ3n) is 2.59. The van der Waals surface area contributed by atoms with E-state index in [4.69, 9.17) is 11.6 Å². The maximum atomic E-state index is 10.7. The van der Waals surface area contributed by atoms with E-state index in [-0.39, 0.29) is 10.7 Å². The summed E-state index contributed by atoms with van der Waals surface area (Å²) in [7, 11) is 0. The lowest BCUT2D eigenvalue weighted by Gasteiger charge is -2.18. The first-order chi connectivity index (χ1) is 8.29. The van der Waals surface area contributed by atoms with E-state index in [1.54, 1.807) is 12.1 Å². The Morgan fingerprint density at radius 3 is 2.61 bits per heavy atom. The van der Waals surface area contributed by atoms with E-state index in [0.717, 1.165) is 18.5 Å². The van der Waals surface area contributed by atoms with Gasteiger partial charge in [0.2, 0.25) is 0 Å². The van der Waals surface area contributed by atoms with Gasteiger partial charge < -0.3 is 5.32 Å². The Kier molecular flexibility index (Phi) is 5.11.